The average Bonchev–Trinajstić information content (AvgIpc) is 3.14. The van der Waals surface area contributed by atoms with Crippen LogP contribution in [0.5, 0.6) is 5.75 Å². The first-order valence-corrected chi connectivity index (χ1v) is 9.29. The van der Waals surface area contributed by atoms with Gasteiger partial charge in [-0.1, -0.05) is 24.3 Å². The number of ether oxygens (including phenoxy) is 2. The minimum atomic E-state index is -0.567. The monoisotopic (exact) mass is 378 g/mol. The molecular weight excluding hydrogens is 356 g/mol. The largest absolute Gasteiger partial charge is 0.497 e. The maximum Gasteiger partial charge on any atom is 0.337 e. The maximum absolute atomic E-state index is 11.8. The standard InChI is InChI=1S/C23H22O5/c1-26-17-6-3-5-16(13-17)22-20(21-18(24)7-4-8-19(21)28-22)14-9-11-15(12-10-14)23(25)27-2/h3,5-6,9-13,18,24H,4,7-8H2,1-2H3. The molecule has 144 valence electrons. The summed E-state index contributed by atoms with van der Waals surface area (Å²) in [6, 6.07) is 14.9. The Kier molecular flexibility index (Phi) is 4.92. The van der Waals surface area contributed by atoms with Crippen LogP contribution in [-0.4, -0.2) is 25.3 Å². The summed E-state index contributed by atoms with van der Waals surface area (Å²) >= 11 is 0. The number of aliphatic hydroxyl groups excluding tert-OH is 1. The van der Waals surface area contributed by atoms with Crippen LogP contribution in [0, 0.1) is 0 Å². The Morgan fingerprint density at radius 3 is 2.61 bits per heavy atom. The van der Waals surface area contributed by atoms with Gasteiger partial charge in [-0.05, 0) is 42.7 Å². The van der Waals surface area contributed by atoms with Crippen molar-refractivity contribution in [3.63, 3.8) is 0 Å². The number of carbonyl (C=O) groups excluding carboxylic acids is 1. The Morgan fingerprint density at radius 2 is 1.89 bits per heavy atom. The van der Waals surface area contributed by atoms with Gasteiger partial charge in [-0.2, -0.15) is 0 Å². The van der Waals surface area contributed by atoms with E-state index in [1.54, 1.807) is 19.2 Å². The van der Waals surface area contributed by atoms with E-state index in [9.17, 15) is 9.90 Å². The number of methoxy groups -OCH3 is 2. The minimum absolute atomic E-state index is 0.381. The van der Waals surface area contributed by atoms with Crippen LogP contribution in [0.2, 0.25) is 0 Å². The highest BCUT2D eigenvalue weighted by atomic mass is 16.5. The Hall–Kier alpha value is -3.05. The third-order valence-corrected chi connectivity index (χ3v) is 5.16. The summed E-state index contributed by atoms with van der Waals surface area (Å²) < 4.78 is 16.4. The molecule has 0 radical (unpaired) electrons. The summed E-state index contributed by atoms with van der Waals surface area (Å²) in [5.41, 5.74) is 3.96. The van der Waals surface area contributed by atoms with Gasteiger partial charge in [-0.3, -0.25) is 0 Å². The lowest BCUT2D eigenvalue weighted by Gasteiger charge is -2.18. The summed E-state index contributed by atoms with van der Waals surface area (Å²) in [5, 5.41) is 10.7. The van der Waals surface area contributed by atoms with Crippen molar-refractivity contribution in [3.8, 4) is 28.2 Å². The topological polar surface area (TPSA) is 68.9 Å². The van der Waals surface area contributed by atoms with Gasteiger partial charge in [-0.15, -0.1) is 0 Å². The van der Waals surface area contributed by atoms with Crippen molar-refractivity contribution >= 4 is 5.97 Å². The molecule has 1 N–H and O–H groups in total. The van der Waals surface area contributed by atoms with Crippen LogP contribution in [0.25, 0.3) is 22.5 Å². The van der Waals surface area contributed by atoms with Crippen molar-refractivity contribution < 1.29 is 23.8 Å². The van der Waals surface area contributed by atoms with Crippen molar-refractivity contribution in [1.82, 2.24) is 0 Å². The smallest absolute Gasteiger partial charge is 0.337 e. The highest BCUT2D eigenvalue weighted by Gasteiger charge is 2.30. The first-order chi connectivity index (χ1) is 13.6. The van der Waals surface area contributed by atoms with Crippen LogP contribution in [0.3, 0.4) is 0 Å². The molecule has 0 spiro atoms. The van der Waals surface area contributed by atoms with E-state index in [1.165, 1.54) is 7.11 Å². The van der Waals surface area contributed by atoms with Gasteiger partial charge in [0.15, 0.2) is 0 Å². The fraction of sp³-hybridized carbons (Fsp3) is 0.261. The van der Waals surface area contributed by atoms with Crippen LogP contribution in [0.15, 0.2) is 52.9 Å². The molecule has 28 heavy (non-hydrogen) atoms. The summed E-state index contributed by atoms with van der Waals surface area (Å²) in [5.74, 6) is 1.88. The Balaban J connectivity index is 1.89. The van der Waals surface area contributed by atoms with Gasteiger partial charge in [0.25, 0.3) is 0 Å². The zero-order valence-corrected chi connectivity index (χ0v) is 15.9. The lowest BCUT2D eigenvalue weighted by atomic mass is 9.88. The quantitative estimate of drug-likeness (QED) is 0.662. The second-order valence-electron chi connectivity index (χ2n) is 6.85. The number of rotatable bonds is 4. The molecule has 0 fully saturated rings. The molecule has 1 unspecified atom stereocenters. The molecule has 1 aliphatic rings. The number of fused-ring (bicyclic) bond motifs is 1. The first-order valence-electron chi connectivity index (χ1n) is 9.29. The Bertz CT molecular complexity index is 1000. The van der Waals surface area contributed by atoms with Gasteiger partial charge in [-0.25, -0.2) is 4.79 Å². The zero-order chi connectivity index (χ0) is 19.7. The second kappa shape index (κ2) is 7.52. The first kappa shape index (κ1) is 18.3. The number of hydrogen-bond donors (Lipinski definition) is 1. The van der Waals surface area contributed by atoms with Crippen LogP contribution in [0.4, 0.5) is 0 Å². The number of benzene rings is 2. The normalized spacial score (nSPS) is 15.8. The predicted octanol–water partition coefficient (Wildman–Crippen LogP) is 4.78. The number of esters is 1. The average molecular weight is 378 g/mol. The van der Waals surface area contributed by atoms with E-state index in [4.69, 9.17) is 13.9 Å². The molecule has 1 atom stereocenters. The zero-order valence-electron chi connectivity index (χ0n) is 15.9. The molecule has 0 aliphatic heterocycles. The lowest BCUT2D eigenvalue weighted by Crippen LogP contribution is -2.07. The van der Waals surface area contributed by atoms with E-state index in [2.05, 4.69) is 0 Å². The molecule has 0 amide bonds. The minimum Gasteiger partial charge on any atom is -0.497 e. The molecule has 1 heterocycles. The van der Waals surface area contributed by atoms with E-state index in [0.717, 1.165) is 46.6 Å². The van der Waals surface area contributed by atoms with E-state index < -0.39 is 6.10 Å². The van der Waals surface area contributed by atoms with Gasteiger partial charge in [0.2, 0.25) is 0 Å². The lowest BCUT2D eigenvalue weighted by molar-refractivity contribution is 0.0600. The number of aliphatic hydroxyl groups is 1. The van der Waals surface area contributed by atoms with Crippen molar-refractivity contribution in [2.75, 3.05) is 14.2 Å². The number of aryl methyl sites for hydroxylation is 1. The third-order valence-electron chi connectivity index (χ3n) is 5.16. The molecule has 0 saturated heterocycles. The maximum atomic E-state index is 11.8. The van der Waals surface area contributed by atoms with E-state index in [-0.39, 0.29) is 5.97 Å². The van der Waals surface area contributed by atoms with Crippen molar-refractivity contribution in [3.05, 3.63) is 65.4 Å². The van der Waals surface area contributed by atoms with Crippen molar-refractivity contribution in [1.29, 1.82) is 0 Å². The summed E-state index contributed by atoms with van der Waals surface area (Å²) in [6.07, 6.45) is 1.82. The highest BCUT2D eigenvalue weighted by Crippen LogP contribution is 2.46. The van der Waals surface area contributed by atoms with Crippen molar-refractivity contribution in [2.45, 2.75) is 25.4 Å². The molecule has 2 aromatic carbocycles. The Morgan fingerprint density at radius 1 is 1.11 bits per heavy atom. The number of hydrogen-bond acceptors (Lipinski definition) is 5. The SMILES string of the molecule is COC(=O)c1ccc(-c2c(-c3cccc(OC)c3)oc3c2C(O)CCC3)cc1. The van der Waals surface area contributed by atoms with Crippen LogP contribution in [0.1, 0.15) is 40.6 Å². The number of carbonyl (C=O) groups is 1. The Labute approximate surface area is 163 Å². The molecule has 0 bridgehead atoms. The summed E-state index contributed by atoms with van der Waals surface area (Å²) in [6.45, 7) is 0. The summed E-state index contributed by atoms with van der Waals surface area (Å²) in [4.78, 5) is 11.8. The molecule has 4 rings (SSSR count). The molecular formula is C23H22O5. The fourth-order valence-corrected chi connectivity index (χ4v) is 3.77. The van der Waals surface area contributed by atoms with Gasteiger partial charge < -0.3 is 19.0 Å². The molecule has 5 heteroatoms. The van der Waals surface area contributed by atoms with Gasteiger partial charge in [0.05, 0.1) is 25.9 Å². The molecule has 5 nitrogen and oxygen atoms in total. The van der Waals surface area contributed by atoms with Crippen LogP contribution < -0.4 is 4.74 Å². The molecule has 3 aromatic rings. The van der Waals surface area contributed by atoms with Crippen LogP contribution >= 0.6 is 0 Å². The van der Waals surface area contributed by atoms with Gasteiger partial charge in [0, 0.05) is 23.1 Å². The molecule has 1 aliphatic carbocycles. The van der Waals surface area contributed by atoms with Crippen molar-refractivity contribution in [2.24, 2.45) is 0 Å². The highest BCUT2D eigenvalue weighted by molar-refractivity contribution is 5.91. The van der Waals surface area contributed by atoms with Gasteiger partial charge >= 0.3 is 5.97 Å². The van der Waals surface area contributed by atoms with E-state index in [0.29, 0.717) is 17.7 Å². The van der Waals surface area contributed by atoms with E-state index in [1.807, 2.05) is 36.4 Å². The van der Waals surface area contributed by atoms with Gasteiger partial charge in [0.1, 0.15) is 17.3 Å². The van der Waals surface area contributed by atoms with Crippen LogP contribution in [-0.2, 0) is 11.2 Å². The second-order valence-corrected chi connectivity index (χ2v) is 6.85. The summed E-state index contributed by atoms with van der Waals surface area (Å²) in [7, 11) is 2.99. The molecule has 0 saturated carbocycles. The predicted molar refractivity (Wildman–Crippen MR) is 105 cm³/mol. The number of furan rings is 1. The third kappa shape index (κ3) is 3.18. The molecule has 1 aromatic heterocycles. The van der Waals surface area contributed by atoms with E-state index >= 15 is 0 Å². The fourth-order valence-electron chi connectivity index (χ4n) is 3.77.